The molecular formula is C7H13N3O3. The first-order chi connectivity index (χ1) is 6.34. The number of aryl methyl sites for hydroxylation is 1. The summed E-state index contributed by atoms with van der Waals surface area (Å²) in [6.45, 7) is 3.37. The molecule has 0 spiro atoms. The maximum atomic E-state index is 5.02. The van der Waals surface area contributed by atoms with Gasteiger partial charge >= 0.3 is 0 Å². The quantitative estimate of drug-likeness (QED) is 0.501. The van der Waals surface area contributed by atoms with Gasteiger partial charge in [-0.05, 0) is 6.92 Å². The first kappa shape index (κ1) is 10.1. The minimum Gasteiger partial charge on any atom is -0.382 e. The second-order valence-electron chi connectivity index (χ2n) is 2.46. The second kappa shape index (κ2) is 5.63. The summed E-state index contributed by atoms with van der Waals surface area (Å²) < 4.78 is 9.29. The van der Waals surface area contributed by atoms with Crippen LogP contribution < -0.4 is 5.48 Å². The molecule has 1 rings (SSSR count). The van der Waals surface area contributed by atoms with Crippen LogP contribution in [-0.4, -0.2) is 30.6 Å². The van der Waals surface area contributed by atoms with Crippen molar-refractivity contribution in [2.75, 3.05) is 20.3 Å². The molecule has 1 heterocycles. The van der Waals surface area contributed by atoms with Gasteiger partial charge in [0.15, 0.2) is 0 Å². The zero-order valence-electron chi connectivity index (χ0n) is 7.74. The fourth-order valence-electron chi connectivity index (χ4n) is 0.726. The normalized spacial score (nSPS) is 10.6. The van der Waals surface area contributed by atoms with Crippen molar-refractivity contribution in [3.63, 3.8) is 0 Å². The van der Waals surface area contributed by atoms with Gasteiger partial charge < -0.3 is 4.74 Å². The van der Waals surface area contributed by atoms with Gasteiger partial charge in [-0.1, -0.05) is 10.3 Å². The van der Waals surface area contributed by atoms with Gasteiger partial charge in [-0.25, -0.2) is 4.63 Å². The second-order valence-corrected chi connectivity index (χ2v) is 2.46. The van der Waals surface area contributed by atoms with E-state index in [1.165, 1.54) is 0 Å². The third-order valence-corrected chi connectivity index (χ3v) is 1.48. The third kappa shape index (κ3) is 3.49. The fraction of sp³-hybridized carbons (Fsp3) is 0.714. The van der Waals surface area contributed by atoms with E-state index in [1.54, 1.807) is 7.11 Å². The summed E-state index contributed by atoms with van der Waals surface area (Å²) in [7, 11) is 1.62. The maximum absolute atomic E-state index is 5.02. The number of aromatic nitrogens is 2. The molecule has 0 saturated carbocycles. The predicted octanol–water partition coefficient (Wildman–Crippen LogP) is 0.0456. The van der Waals surface area contributed by atoms with Gasteiger partial charge in [0.2, 0.25) is 0 Å². The van der Waals surface area contributed by atoms with Crippen LogP contribution in [0.3, 0.4) is 0 Å². The van der Waals surface area contributed by atoms with Crippen LogP contribution in [0.4, 0.5) is 0 Å². The molecule has 1 N–H and O–H groups in total. The molecule has 0 fully saturated rings. The lowest BCUT2D eigenvalue weighted by atomic mass is 10.3. The molecule has 1 aromatic rings. The van der Waals surface area contributed by atoms with Gasteiger partial charge in [0.25, 0.3) is 0 Å². The molecule has 1 aromatic heterocycles. The van der Waals surface area contributed by atoms with Crippen LogP contribution in [-0.2, 0) is 16.1 Å². The lowest BCUT2D eigenvalue weighted by Gasteiger charge is -2.02. The number of nitrogens with zero attached hydrogens (tertiary/aromatic N) is 2. The van der Waals surface area contributed by atoms with E-state index in [-0.39, 0.29) is 0 Å². The molecule has 0 unspecified atom stereocenters. The minimum atomic E-state index is 0.485. The first-order valence-electron chi connectivity index (χ1n) is 3.96. The van der Waals surface area contributed by atoms with Gasteiger partial charge in [0.05, 0.1) is 19.8 Å². The maximum Gasteiger partial charge on any atom is 0.124 e. The monoisotopic (exact) mass is 187 g/mol. The standard InChI is InChI=1S/C7H13N3O3/c1-6-7(10-13-9-6)5-8-12-4-3-11-2/h8H,3-5H2,1-2H3. The van der Waals surface area contributed by atoms with Crippen LogP contribution in [0.25, 0.3) is 0 Å². The van der Waals surface area contributed by atoms with Crippen molar-refractivity contribution >= 4 is 0 Å². The van der Waals surface area contributed by atoms with Crippen molar-refractivity contribution in [2.24, 2.45) is 0 Å². The summed E-state index contributed by atoms with van der Waals surface area (Å²) in [4.78, 5) is 5.02. The Morgan fingerprint density at radius 1 is 1.38 bits per heavy atom. The predicted molar refractivity (Wildman–Crippen MR) is 43.7 cm³/mol. The Morgan fingerprint density at radius 3 is 2.85 bits per heavy atom. The zero-order chi connectivity index (χ0) is 9.52. The molecule has 0 radical (unpaired) electrons. The number of hydrogen-bond donors (Lipinski definition) is 1. The molecule has 6 nitrogen and oxygen atoms in total. The summed E-state index contributed by atoms with van der Waals surface area (Å²) in [6.07, 6.45) is 0. The smallest absolute Gasteiger partial charge is 0.124 e. The molecule has 74 valence electrons. The summed E-state index contributed by atoms with van der Waals surface area (Å²) in [6, 6.07) is 0. The highest BCUT2D eigenvalue weighted by Crippen LogP contribution is 1.98. The van der Waals surface area contributed by atoms with Gasteiger partial charge in [-0.3, -0.25) is 4.84 Å². The van der Waals surface area contributed by atoms with Gasteiger partial charge in [-0.2, -0.15) is 5.48 Å². The molecule has 0 amide bonds. The molecule has 0 aliphatic carbocycles. The topological polar surface area (TPSA) is 69.4 Å². The highest BCUT2D eigenvalue weighted by atomic mass is 16.7. The average Bonchev–Trinajstić information content (AvgIpc) is 2.52. The molecule has 0 aliphatic rings. The highest BCUT2D eigenvalue weighted by Gasteiger charge is 2.03. The van der Waals surface area contributed by atoms with Crippen molar-refractivity contribution < 1.29 is 14.2 Å². The van der Waals surface area contributed by atoms with E-state index in [4.69, 9.17) is 9.57 Å². The number of hydrogen-bond acceptors (Lipinski definition) is 6. The van der Waals surface area contributed by atoms with Crippen LogP contribution in [0.5, 0.6) is 0 Å². The average molecular weight is 187 g/mol. The highest BCUT2D eigenvalue weighted by molar-refractivity contribution is 5.03. The molecule has 0 saturated heterocycles. The first-order valence-corrected chi connectivity index (χ1v) is 3.96. The minimum absolute atomic E-state index is 0.485. The number of hydroxylamine groups is 1. The number of nitrogens with one attached hydrogen (secondary N) is 1. The number of methoxy groups -OCH3 is 1. The lowest BCUT2D eigenvalue weighted by molar-refractivity contribution is 0.00258. The Balaban J connectivity index is 2.10. The molecule has 6 heteroatoms. The van der Waals surface area contributed by atoms with Crippen LogP contribution in [0.15, 0.2) is 4.63 Å². The Kier molecular flexibility index (Phi) is 4.37. The van der Waals surface area contributed by atoms with Gasteiger partial charge in [-0.15, -0.1) is 0 Å². The summed E-state index contributed by atoms with van der Waals surface area (Å²) in [5.41, 5.74) is 4.24. The molecule has 13 heavy (non-hydrogen) atoms. The Morgan fingerprint density at radius 2 is 2.23 bits per heavy atom. The van der Waals surface area contributed by atoms with E-state index < -0.39 is 0 Å². The fourth-order valence-corrected chi connectivity index (χ4v) is 0.726. The molecule has 0 aliphatic heterocycles. The van der Waals surface area contributed by atoms with E-state index in [1.807, 2.05) is 6.92 Å². The van der Waals surface area contributed by atoms with Crippen LogP contribution in [0.2, 0.25) is 0 Å². The SMILES string of the molecule is COCCONCc1nonc1C. The molecular weight excluding hydrogens is 174 g/mol. The summed E-state index contributed by atoms with van der Waals surface area (Å²) in [5, 5.41) is 7.30. The van der Waals surface area contributed by atoms with E-state index in [2.05, 4.69) is 20.4 Å². The largest absolute Gasteiger partial charge is 0.382 e. The van der Waals surface area contributed by atoms with Crippen LogP contribution >= 0.6 is 0 Å². The zero-order valence-corrected chi connectivity index (χ0v) is 7.74. The van der Waals surface area contributed by atoms with Crippen molar-refractivity contribution in [2.45, 2.75) is 13.5 Å². The molecule has 0 bridgehead atoms. The lowest BCUT2D eigenvalue weighted by Crippen LogP contribution is -2.17. The van der Waals surface area contributed by atoms with Crippen LogP contribution in [0, 0.1) is 6.92 Å². The van der Waals surface area contributed by atoms with E-state index >= 15 is 0 Å². The van der Waals surface area contributed by atoms with Crippen molar-refractivity contribution in [3.8, 4) is 0 Å². The van der Waals surface area contributed by atoms with E-state index in [9.17, 15) is 0 Å². The van der Waals surface area contributed by atoms with Gasteiger partial charge in [0, 0.05) is 7.11 Å². The summed E-state index contributed by atoms with van der Waals surface area (Å²) in [5.74, 6) is 0. The van der Waals surface area contributed by atoms with E-state index in [0.717, 1.165) is 11.4 Å². The van der Waals surface area contributed by atoms with Crippen molar-refractivity contribution in [1.29, 1.82) is 0 Å². The Bertz CT molecular complexity index is 239. The molecule has 0 aromatic carbocycles. The Hall–Kier alpha value is -0.980. The number of rotatable bonds is 6. The van der Waals surface area contributed by atoms with Crippen molar-refractivity contribution in [3.05, 3.63) is 11.4 Å². The Labute approximate surface area is 76.1 Å². The van der Waals surface area contributed by atoms with Gasteiger partial charge in [0.1, 0.15) is 11.4 Å². The van der Waals surface area contributed by atoms with Crippen LogP contribution in [0.1, 0.15) is 11.4 Å². The molecule has 0 atom stereocenters. The van der Waals surface area contributed by atoms with E-state index in [0.29, 0.717) is 19.8 Å². The number of ether oxygens (including phenoxy) is 1. The van der Waals surface area contributed by atoms with Crippen molar-refractivity contribution in [1.82, 2.24) is 15.8 Å². The summed E-state index contributed by atoms with van der Waals surface area (Å²) >= 11 is 0. The third-order valence-electron chi connectivity index (χ3n) is 1.48.